The van der Waals surface area contributed by atoms with Gasteiger partial charge >= 0.3 is 5.97 Å². The molecule has 0 fully saturated rings. The number of sulfonamides is 1. The predicted octanol–water partition coefficient (Wildman–Crippen LogP) is 2.62. The van der Waals surface area contributed by atoms with Gasteiger partial charge in [-0.15, -0.1) is 0 Å². The second-order valence-electron chi connectivity index (χ2n) is 4.92. The number of hydrogen-bond donors (Lipinski definition) is 0. The van der Waals surface area contributed by atoms with Gasteiger partial charge in [0.15, 0.2) is 0 Å². The zero-order chi connectivity index (χ0) is 19.3. The van der Waals surface area contributed by atoms with Crippen LogP contribution in [-0.4, -0.2) is 39.6 Å². The van der Waals surface area contributed by atoms with Gasteiger partial charge in [0.25, 0.3) is 10.0 Å². The van der Waals surface area contributed by atoms with Crippen molar-refractivity contribution in [1.29, 1.82) is 0 Å². The van der Waals surface area contributed by atoms with Crippen molar-refractivity contribution < 1.29 is 27.1 Å². The Kier molecular flexibility index (Phi) is 6.14. The molecule has 2 heterocycles. The van der Waals surface area contributed by atoms with Gasteiger partial charge in [0.05, 0.1) is 24.1 Å². The minimum absolute atomic E-state index is 0.0407. The summed E-state index contributed by atoms with van der Waals surface area (Å²) in [5, 5.41) is 0. The molecule has 0 N–H and O–H groups in total. The van der Waals surface area contributed by atoms with Crippen LogP contribution >= 0.6 is 0 Å². The molecule has 3 rings (SSSR count). The Bertz CT molecular complexity index is 885. The van der Waals surface area contributed by atoms with Gasteiger partial charge in [-0.1, -0.05) is 13.8 Å². The molecule has 0 unspecified atom stereocenters. The third-order valence-corrected chi connectivity index (χ3v) is 5.28. The van der Waals surface area contributed by atoms with Crippen LogP contribution in [0.2, 0.25) is 0 Å². The zero-order valence-electron chi connectivity index (χ0n) is 14.6. The molecule has 0 radical (unpaired) electrons. The third-order valence-electron chi connectivity index (χ3n) is 3.46. The molecular formula is C17H19FN2O5S. The number of ether oxygens (including phenoxy) is 2. The van der Waals surface area contributed by atoms with Crippen LogP contribution in [0.3, 0.4) is 0 Å². The number of fused-ring (bicyclic) bond motifs is 1. The van der Waals surface area contributed by atoms with Gasteiger partial charge in [-0.05, 0) is 30.3 Å². The molecule has 26 heavy (non-hydrogen) atoms. The second kappa shape index (κ2) is 8.13. The summed E-state index contributed by atoms with van der Waals surface area (Å²) in [6.45, 7) is 4.15. The number of anilines is 1. The van der Waals surface area contributed by atoms with Crippen molar-refractivity contribution in [2.24, 2.45) is 0 Å². The first-order valence-electron chi connectivity index (χ1n) is 7.93. The number of nitrogens with zero attached hydrogens (tertiary/aromatic N) is 2. The van der Waals surface area contributed by atoms with E-state index in [-0.39, 0.29) is 35.2 Å². The van der Waals surface area contributed by atoms with Crippen molar-refractivity contribution in [3.05, 3.63) is 47.9 Å². The molecule has 0 bridgehead atoms. The molecule has 0 aliphatic carbocycles. The Hall–Kier alpha value is -2.68. The normalized spacial score (nSPS) is 13.0. The van der Waals surface area contributed by atoms with Crippen molar-refractivity contribution in [2.45, 2.75) is 18.7 Å². The molecular weight excluding hydrogens is 363 g/mol. The number of halogens is 1. The lowest BCUT2D eigenvalue weighted by Crippen LogP contribution is -2.38. The number of rotatable bonds is 3. The fraction of sp³-hybridized carbons (Fsp3) is 0.294. The van der Waals surface area contributed by atoms with E-state index in [1.54, 1.807) is 0 Å². The molecule has 9 heteroatoms. The summed E-state index contributed by atoms with van der Waals surface area (Å²) in [6, 6.07) is 5.83. The second-order valence-corrected chi connectivity index (χ2v) is 6.78. The lowest BCUT2D eigenvalue weighted by molar-refractivity contribution is 0.0600. The lowest BCUT2D eigenvalue weighted by Gasteiger charge is -2.29. The Morgan fingerprint density at radius 2 is 1.92 bits per heavy atom. The van der Waals surface area contributed by atoms with E-state index >= 15 is 0 Å². The number of benzene rings is 1. The number of pyridine rings is 1. The number of methoxy groups -OCH3 is 1. The average molecular weight is 382 g/mol. The van der Waals surface area contributed by atoms with Crippen molar-refractivity contribution in [3.63, 3.8) is 0 Å². The van der Waals surface area contributed by atoms with E-state index in [9.17, 15) is 17.6 Å². The van der Waals surface area contributed by atoms with E-state index in [1.165, 1.54) is 31.5 Å². The minimum atomic E-state index is -3.95. The molecule has 0 saturated heterocycles. The number of carbonyl (C=O) groups excluding carboxylic acids is 1. The van der Waals surface area contributed by atoms with Crippen molar-refractivity contribution in [2.75, 3.05) is 24.6 Å². The van der Waals surface area contributed by atoms with Gasteiger partial charge in [0.2, 0.25) is 5.88 Å². The van der Waals surface area contributed by atoms with Crippen LogP contribution < -0.4 is 9.04 Å². The highest BCUT2D eigenvalue weighted by molar-refractivity contribution is 7.92. The summed E-state index contributed by atoms with van der Waals surface area (Å²) < 4.78 is 49.7. The Labute approximate surface area is 151 Å². The van der Waals surface area contributed by atoms with Gasteiger partial charge in [-0.25, -0.2) is 22.6 Å². The Morgan fingerprint density at radius 3 is 2.54 bits per heavy atom. The molecule has 1 aromatic carbocycles. The smallest absolute Gasteiger partial charge is 0.339 e. The molecule has 0 amide bonds. The molecule has 2 aromatic rings. The number of carbonyl (C=O) groups is 1. The topological polar surface area (TPSA) is 85.8 Å². The van der Waals surface area contributed by atoms with E-state index in [0.717, 1.165) is 16.4 Å². The third kappa shape index (κ3) is 3.77. The Balaban J connectivity index is 0.00000117. The minimum Gasteiger partial charge on any atom is -0.474 e. The zero-order valence-corrected chi connectivity index (χ0v) is 15.4. The van der Waals surface area contributed by atoms with E-state index in [1.807, 2.05) is 13.8 Å². The van der Waals surface area contributed by atoms with Crippen LogP contribution in [0.5, 0.6) is 5.88 Å². The molecule has 1 aromatic heterocycles. The van der Waals surface area contributed by atoms with Crippen LogP contribution in [0.25, 0.3) is 0 Å². The van der Waals surface area contributed by atoms with Gasteiger partial charge in [0.1, 0.15) is 18.1 Å². The van der Waals surface area contributed by atoms with Crippen LogP contribution in [0.1, 0.15) is 24.2 Å². The van der Waals surface area contributed by atoms with Gasteiger partial charge in [-0.3, -0.25) is 4.31 Å². The van der Waals surface area contributed by atoms with Crippen LogP contribution in [0.15, 0.2) is 41.4 Å². The van der Waals surface area contributed by atoms with E-state index in [4.69, 9.17) is 4.74 Å². The summed E-state index contributed by atoms with van der Waals surface area (Å²) in [5.41, 5.74) is 0.231. The van der Waals surface area contributed by atoms with E-state index < -0.39 is 21.8 Å². The molecule has 1 aliphatic rings. The first-order valence-corrected chi connectivity index (χ1v) is 9.37. The number of hydrogen-bond acceptors (Lipinski definition) is 6. The maximum absolute atomic E-state index is 13.0. The SMILES string of the molecule is CC.COC(=O)c1cnc2c(c1)N(S(=O)(=O)c1ccc(F)cc1)CCO2. The molecule has 0 atom stereocenters. The largest absolute Gasteiger partial charge is 0.474 e. The summed E-state index contributed by atoms with van der Waals surface area (Å²) >= 11 is 0. The summed E-state index contributed by atoms with van der Waals surface area (Å²) in [7, 11) is -2.73. The predicted molar refractivity (Wildman–Crippen MR) is 93.4 cm³/mol. The van der Waals surface area contributed by atoms with Crippen LogP contribution in [-0.2, 0) is 14.8 Å². The van der Waals surface area contributed by atoms with E-state index in [0.29, 0.717) is 0 Å². The van der Waals surface area contributed by atoms with Crippen LogP contribution in [0, 0.1) is 5.82 Å². The summed E-state index contributed by atoms with van der Waals surface area (Å²) in [4.78, 5) is 15.6. The highest BCUT2D eigenvalue weighted by atomic mass is 32.2. The summed E-state index contributed by atoms with van der Waals surface area (Å²) in [6.07, 6.45) is 1.25. The van der Waals surface area contributed by atoms with Gasteiger partial charge in [0, 0.05) is 6.20 Å². The molecule has 140 valence electrons. The maximum atomic E-state index is 13.0. The van der Waals surface area contributed by atoms with Crippen molar-refractivity contribution >= 4 is 21.7 Å². The van der Waals surface area contributed by atoms with Crippen molar-refractivity contribution in [1.82, 2.24) is 4.98 Å². The molecule has 7 nitrogen and oxygen atoms in total. The maximum Gasteiger partial charge on any atom is 0.339 e. The molecule has 1 aliphatic heterocycles. The first kappa shape index (κ1) is 19.6. The van der Waals surface area contributed by atoms with Crippen LogP contribution in [0.4, 0.5) is 10.1 Å². The fourth-order valence-corrected chi connectivity index (χ4v) is 3.73. The van der Waals surface area contributed by atoms with Gasteiger partial charge < -0.3 is 9.47 Å². The monoisotopic (exact) mass is 382 g/mol. The standard InChI is InChI=1S/C15H13FN2O5S.C2H6/c1-22-15(19)10-8-13-14(17-9-10)23-7-6-18(13)24(20,21)12-4-2-11(16)3-5-12;1-2/h2-5,8-9H,6-7H2,1H3;1-2H3. The molecule has 0 saturated carbocycles. The molecule has 0 spiro atoms. The quantitative estimate of drug-likeness (QED) is 0.759. The summed E-state index contributed by atoms with van der Waals surface area (Å²) in [5.74, 6) is -1.08. The number of aromatic nitrogens is 1. The average Bonchev–Trinajstić information content (AvgIpc) is 2.68. The number of esters is 1. The fourth-order valence-electron chi connectivity index (χ4n) is 2.29. The first-order chi connectivity index (χ1) is 12.4. The Morgan fingerprint density at radius 1 is 1.27 bits per heavy atom. The highest BCUT2D eigenvalue weighted by Gasteiger charge is 2.31. The highest BCUT2D eigenvalue weighted by Crippen LogP contribution is 2.34. The van der Waals surface area contributed by atoms with Crippen molar-refractivity contribution in [3.8, 4) is 5.88 Å². The van der Waals surface area contributed by atoms with Gasteiger partial charge in [-0.2, -0.15) is 0 Å². The van der Waals surface area contributed by atoms with E-state index in [2.05, 4.69) is 9.72 Å². The lowest BCUT2D eigenvalue weighted by atomic mass is 10.2.